The first-order valence-electron chi connectivity index (χ1n) is 4.81. The molecule has 2 aliphatic rings. The van der Waals surface area contributed by atoms with Crippen LogP contribution in [0.25, 0.3) is 0 Å². The van der Waals surface area contributed by atoms with Crippen molar-refractivity contribution in [2.24, 2.45) is 0 Å². The van der Waals surface area contributed by atoms with Crippen molar-refractivity contribution in [1.82, 2.24) is 10.2 Å². The molecule has 2 fully saturated rings. The van der Waals surface area contributed by atoms with E-state index in [0.717, 1.165) is 19.5 Å². The van der Waals surface area contributed by atoms with Gasteiger partial charge in [-0.05, 0) is 25.2 Å². The Kier molecular flexibility index (Phi) is 2.24. The van der Waals surface area contributed by atoms with Gasteiger partial charge in [-0.1, -0.05) is 0 Å². The molecule has 2 heterocycles. The smallest absolute Gasteiger partial charge is 0.298 e. The molecule has 70 valence electrons. The molecule has 3 nitrogen and oxygen atoms in total. The molecule has 0 aromatic rings. The average molecular weight is 178 g/mol. The Labute approximate surface area is 78.5 Å². The zero-order valence-corrected chi connectivity index (χ0v) is 7.62. The Morgan fingerprint density at radius 3 is 2.92 bits per heavy atom. The van der Waals surface area contributed by atoms with Gasteiger partial charge >= 0.3 is 0 Å². The van der Waals surface area contributed by atoms with E-state index in [-0.39, 0.29) is 5.91 Å². The number of carbonyl (C=O) groups excluding carboxylic acids is 1. The first kappa shape index (κ1) is 8.58. The van der Waals surface area contributed by atoms with E-state index >= 15 is 0 Å². The Hall–Kier alpha value is -1.01. The monoisotopic (exact) mass is 178 g/mol. The highest BCUT2D eigenvalue weighted by molar-refractivity contribution is 5.92. The number of rotatable bonds is 0. The van der Waals surface area contributed by atoms with Gasteiger partial charge in [0, 0.05) is 25.2 Å². The molecule has 3 heteroatoms. The number of carbonyl (C=O) groups is 1. The number of nitrogens with zero attached hydrogens (tertiary/aromatic N) is 1. The van der Waals surface area contributed by atoms with Crippen LogP contribution in [0, 0.1) is 12.3 Å². The number of hydrogen-bond donors (Lipinski definition) is 1. The lowest BCUT2D eigenvalue weighted by Gasteiger charge is -2.21. The zero-order chi connectivity index (χ0) is 9.26. The van der Waals surface area contributed by atoms with Gasteiger partial charge in [0.1, 0.15) is 0 Å². The van der Waals surface area contributed by atoms with Crippen LogP contribution in [-0.2, 0) is 4.79 Å². The minimum absolute atomic E-state index is 0.158. The van der Waals surface area contributed by atoms with E-state index in [1.165, 1.54) is 12.8 Å². The van der Waals surface area contributed by atoms with Gasteiger partial charge in [-0.2, -0.15) is 0 Å². The number of likely N-dealkylation sites (tertiary alicyclic amines) is 1. The van der Waals surface area contributed by atoms with Crippen molar-refractivity contribution in [2.75, 3.05) is 13.1 Å². The lowest BCUT2D eigenvalue weighted by molar-refractivity contribution is -0.125. The van der Waals surface area contributed by atoms with E-state index in [1.807, 2.05) is 0 Å². The quantitative estimate of drug-likeness (QED) is 0.528. The highest BCUT2D eigenvalue weighted by atomic mass is 16.2. The van der Waals surface area contributed by atoms with Gasteiger partial charge in [0.05, 0.1) is 0 Å². The van der Waals surface area contributed by atoms with Crippen molar-refractivity contribution in [3.8, 4) is 12.3 Å². The fourth-order valence-electron chi connectivity index (χ4n) is 2.22. The molecule has 0 saturated carbocycles. The first-order chi connectivity index (χ1) is 6.29. The van der Waals surface area contributed by atoms with Crippen LogP contribution in [0.3, 0.4) is 0 Å². The van der Waals surface area contributed by atoms with Crippen LogP contribution in [0.1, 0.15) is 19.3 Å². The van der Waals surface area contributed by atoms with Crippen molar-refractivity contribution in [2.45, 2.75) is 31.3 Å². The Bertz CT molecular complexity index is 256. The molecule has 2 bridgehead atoms. The number of fused-ring (bicyclic) bond motifs is 2. The van der Waals surface area contributed by atoms with E-state index in [1.54, 1.807) is 4.90 Å². The van der Waals surface area contributed by atoms with Gasteiger partial charge in [-0.3, -0.25) is 4.79 Å². The molecule has 0 aromatic carbocycles. The molecule has 1 amide bonds. The normalized spacial score (nSPS) is 32.4. The highest BCUT2D eigenvalue weighted by Crippen LogP contribution is 2.20. The number of hydrogen-bond acceptors (Lipinski definition) is 2. The first-order valence-corrected chi connectivity index (χ1v) is 4.81. The summed E-state index contributed by atoms with van der Waals surface area (Å²) in [5.41, 5.74) is 0. The zero-order valence-electron chi connectivity index (χ0n) is 7.62. The molecule has 13 heavy (non-hydrogen) atoms. The topological polar surface area (TPSA) is 32.3 Å². The van der Waals surface area contributed by atoms with Crippen LogP contribution < -0.4 is 5.32 Å². The molecular formula is C10H14N2O. The lowest BCUT2D eigenvalue weighted by atomic mass is 10.1. The Morgan fingerprint density at radius 2 is 2.15 bits per heavy atom. The molecule has 1 N–H and O–H groups in total. The molecule has 2 rings (SSSR count). The summed E-state index contributed by atoms with van der Waals surface area (Å²) in [6, 6.07) is 1.09. The van der Waals surface area contributed by atoms with Gasteiger partial charge in [-0.25, -0.2) is 0 Å². The van der Waals surface area contributed by atoms with Crippen molar-refractivity contribution < 1.29 is 4.79 Å². The number of terminal acetylenes is 1. The molecule has 0 aromatic heterocycles. The van der Waals surface area contributed by atoms with Crippen molar-refractivity contribution in [3.05, 3.63) is 0 Å². The molecule has 0 spiro atoms. The van der Waals surface area contributed by atoms with E-state index < -0.39 is 0 Å². The second-order valence-corrected chi connectivity index (χ2v) is 3.82. The summed E-state index contributed by atoms with van der Waals surface area (Å²) >= 11 is 0. The summed E-state index contributed by atoms with van der Waals surface area (Å²) in [4.78, 5) is 13.0. The molecule has 2 saturated heterocycles. The Morgan fingerprint density at radius 1 is 1.38 bits per heavy atom. The number of amides is 1. The second kappa shape index (κ2) is 3.39. The Balaban J connectivity index is 2.02. The van der Waals surface area contributed by atoms with Gasteiger partial charge in [0.15, 0.2) is 0 Å². The molecule has 2 aliphatic heterocycles. The van der Waals surface area contributed by atoms with Crippen LogP contribution in [0.2, 0.25) is 0 Å². The van der Waals surface area contributed by atoms with Crippen LogP contribution in [0.5, 0.6) is 0 Å². The van der Waals surface area contributed by atoms with E-state index in [0.29, 0.717) is 12.1 Å². The van der Waals surface area contributed by atoms with E-state index in [4.69, 9.17) is 6.42 Å². The van der Waals surface area contributed by atoms with Gasteiger partial charge in [0.25, 0.3) is 5.91 Å². The predicted octanol–water partition coefficient (Wildman–Crippen LogP) is -0.0275. The maximum Gasteiger partial charge on any atom is 0.298 e. The maximum absolute atomic E-state index is 11.3. The van der Waals surface area contributed by atoms with Crippen molar-refractivity contribution in [3.63, 3.8) is 0 Å². The fraction of sp³-hybridized carbons (Fsp3) is 0.700. The third-order valence-electron chi connectivity index (χ3n) is 2.93. The lowest BCUT2D eigenvalue weighted by Crippen LogP contribution is -2.38. The second-order valence-electron chi connectivity index (χ2n) is 3.82. The maximum atomic E-state index is 11.3. The van der Waals surface area contributed by atoms with Crippen LogP contribution >= 0.6 is 0 Å². The van der Waals surface area contributed by atoms with Crippen LogP contribution in [0.15, 0.2) is 0 Å². The average Bonchev–Trinajstić information content (AvgIpc) is 2.45. The molecular weight excluding hydrogens is 164 g/mol. The number of nitrogens with one attached hydrogen (secondary N) is 1. The fourth-order valence-corrected chi connectivity index (χ4v) is 2.22. The summed E-state index contributed by atoms with van der Waals surface area (Å²) < 4.78 is 0. The van der Waals surface area contributed by atoms with Gasteiger partial charge < -0.3 is 10.2 Å². The predicted molar refractivity (Wildman–Crippen MR) is 50.0 cm³/mol. The third kappa shape index (κ3) is 1.68. The van der Waals surface area contributed by atoms with Gasteiger partial charge in [0.2, 0.25) is 0 Å². The summed E-state index contributed by atoms with van der Waals surface area (Å²) in [6.07, 6.45) is 8.57. The largest absolute Gasteiger partial charge is 0.330 e. The SMILES string of the molecule is C#CC(=O)N1CCC2CCC(C1)N2. The van der Waals surface area contributed by atoms with Crippen molar-refractivity contribution in [1.29, 1.82) is 0 Å². The van der Waals surface area contributed by atoms with E-state index in [2.05, 4.69) is 11.2 Å². The molecule has 0 aliphatic carbocycles. The molecule has 0 radical (unpaired) electrons. The molecule has 2 unspecified atom stereocenters. The van der Waals surface area contributed by atoms with Crippen LogP contribution in [-0.4, -0.2) is 36.0 Å². The molecule has 2 atom stereocenters. The van der Waals surface area contributed by atoms with Gasteiger partial charge in [-0.15, -0.1) is 6.42 Å². The van der Waals surface area contributed by atoms with Crippen LogP contribution in [0.4, 0.5) is 0 Å². The summed E-state index contributed by atoms with van der Waals surface area (Å²) in [6.45, 7) is 1.61. The van der Waals surface area contributed by atoms with E-state index in [9.17, 15) is 4.79 Å². The summed E-state index contributed by atoms with van der Waals surface area (Å²) in [5.74, 6) is 2.02. The standard InChI is InChI=1S/C10H14N2O/c1-2-10(13)12-6-5-8-3-4-9(7-12)11-8/h1,8-9,11H,3-7H2. The summed E-state index contributed by atoms with van der Waals surface area (Å²) in [5, 5.41) is 3.50. The summed E-state index contributed by atoms with van der Waals surface area (Å²) in [7, 11) is 0. The minimum Gasteiger partial charge on any atom is -0.330 e. The highest BCUT2D eigenvalue weighted by Gasteiger charge is 2.30. The minimum atomic E-state index is -0.158. The van der Waals surface area contributed by atoms with Crippen molar-refractivity contribution >= 4 is 5.91 Å². The third-order valence-corrected chi connectivity index (χ3v) is 2.93.